The summed E-state index contributed by atoms with van der Waals surface area (Å²) >= 11 is 5.94. The molecule has 0 bridgehead atoms. The first-order valence-corrected chi connectivity index (χ1v) is 5.50. The fourth-order valence-corrected chi connectivity index (χ4v) is 1.74. The van der Waals surface area contributed by atoms with Gasteiger partial charge in [0.05, 0.1) is 17.1 Å². The van der Waals surface area contributed by atoms with E-state index < -0.39 is 0 Å². The van der Waals surface area contributed by atoms with Gasteiger partial charge >= 0.3 is 0 Å². The van der Waals surface area contributed by atoms with E-state index in [9.17, 15) is 4.79 Å². The summed E-state index contributed by atoms with van der Waals surface area (Å²) in [5, 5.41) is 3.12. The molecule has 0 aliphatic carbocycles. The lowest BCUT2D eigenvalue weighted by molar-refractivity contribution is 0.0950. The van der Waals surface area contributed by atoms with Crippen molar-refractivity contribution in [2.45, 2.75) is 6.54 Å². The highest BCUT2D eigenvalue weighted by Crippen LogP contribution is 2.18. The fraction of sp³-hybridized carbons (Fsp3) is 0.0833. The monoisotopic (exact) mass is 249 g/mol. The van der Waals surface area contributed by atoms with E-state index in [1.54, 1.807) is 24.4 Å². The third-order valence-corrected chi connectivity index (χ3v) is 2.65. The SMILES string of the molecule is Nc1ccc(C(=O)NCc2ccc[nH]2)c(Cl)c1. The highest BCUT2D eigenvalue weighted by Gasteiger charge is 2.09. The summed E-state index contributed by atoms with van der Waals surface area (Å²) in [5.41, 5.74) is 7.45. The average Bonchev–Trinajstić information content (AvgIpc) is 2.78. The van der Waals surface area contributed by atoms with Gasteiger partial charge in [0, 0.05) is 17.6 Å². The number of hydrogen-bond acceptors (Lipinski definition) is 2. The van der Waals surface area contributed by atoms with Crippen molar-refractivity contribution in [3.63, 3.8) is 0 Å². The van der Waals surface area contributed by atoms with Gasteiger partial charge in [-0.1, -0.05) is 11.6 Å². The lowest BCUT2D eigenvalue weighted by Crippen LogP contribution is -2.23. The van der Waals surface area contributed by atoms with E-state index >= 15 is 0 Å². The summed E-state index contributed by atoms with van der Waals surface area (Å²) < 4.78 is 0. The van der Waals surface area contributed by atoms with Crippen LogP contribution in [0, 0.1) is 0 Å². The minimum Gasteiger partial charge on any atom is -0.399 e. The minimum absolute atomic E-state index is 0.218. The van der Waals surface area contributed by atoms with Crippen LogP contribution in [-0.2, 0) is 6.54 Å². The molecule has 0 unspecified atom stereocenters. The van der Waals surface area contributed by atoms with E-state index in [0.29, 0.717) is 22.8 Å². The maximum Gasteiger partial charge on any atom is 0.253 e. The largest absolute Gasteiger partial charge is 0.399 e. The molecule has 1 amide bonds. The Morgan fingerprint density at radius 2 is 2.24 bits per heavy atom. The number of nitrogens with two attached hydrogens (primary N) is 1. The average molecular weight is 250 g/mol. The third-order valence-electron chi connectivity index (χ3n) is 2.34. The number of anilines is 1. The molecule has 2 rings (SSSR count). The number of rotatable bonds is 3. The van der Waals surface area contributed by atoms with E-state index in [1.165, 1.54) is 0 Å². The lowest BCUT2D eigenvalue weighted by Gasteiger charge is -2.06. The first-order chi connectivity index (χ1) is 8.16. The number of amides is 1. The van der Waals surface area contributed by atoms with Gasteiger partial charge in [-0.05, 0) is 30.3 Å². The summed E-state index contributed by atoms with van der Waals surface area (Å²) in [7, 11) is 0. The normalized spacial score (nSPS) is 10.2. The minimum atomic E-state index is -0.218. The number of aromatic amines is 1. The molecule has 0 spiro atoms. The molecule has 0 radical (unpaired) electrons. The summed E-state index contributed by atoms with van der Waals surface area (Å²) in [6.07, 6.45) is 1.80. The maximum absolute atomic E-state index is 11.8. The predicted octanol–water partition coefficient (Wildman–Crippen LogP) is 2.18. The molecule has 1 heterocycles. The second kappa shape index (κ2) is 4.93. The van der Waals surface area contributed by atoms with E-state index in [-0.39, 0.29) is 5.91 Å². The third kappa shape index (κ3) is 2.79. The van der Waals surface area contributed by atoms with E-state index in [0.717, 1.165) is 5.69 Å². The highest BCUT2D eigenvalue weighted by molar-refractivity contribution is 6.34. The number of aromatic nitrogens is 1. The van der Waals surface area contributed by atoms with Crippen LogP contribution >= 0.6 is 11.6 Å². The Kier molecular flexibility index (Phi) is 3.35. The zero-order valence-electron chi connectivity index (χ0n) is 9.03. The van der Waals surface area contributed by atoms with Crippen LogP contribution in [0.5, 0.6) is 0 Å². The molecular formula is C12H12ClN3O. The van der Waals surface area contributed by atoms with Gasteiger partial charge in [0.1, 0.15) is 0 Å². The first kappa shape index (κ1) is 11.5. The highest BCUT2D eigenvalue weighted by atomic mass is 35.5. The molecule has 0 fully saturated rings. The van der Waals surface area contributed by atoms with Crippen molar-refractivity contribution in [1.29, 1.82) is 0 Å². The predicted molar refractivity (Wildman–Crippen MR) is 67.8 cm³/mol. The molecule has 0 atom stereocenters. The van der Waals surface area contributed by atoms with Gasteiger partial charge < -0.3 is 16.0 Å². The van der Waals surface area contributed by atoms with E-state index in [1.807, 2.05) is 12.1 Å². The van der Waals surface area contributed by atoms with Gasteiger partial charge in [-0.15, -0.1) is 0 Å². The Bertz CT molecular complexity index is 523. The number of H-pyrrole nitrogens is 1. The second-order valence-electron chi connectivity index (χ2n) is 3.62. The molecule has 1 aromatic carbocycles. The Morgan fingerprint density at radius 3 is 2.88 bits per heavy atom. The van der Waals surface area contributed by atoms with Gasteiger partial charge in [0.15, 0.2) is 0 Å². The number of carbonyl (C=O) groups excluding carboxylic acids is 1. The number of nitrogens with one attached hydrogen (secondary N) is 2. The van der Waals surface area contributed by atoms with Crippen LogP contribution in [0.25, 0.3) is 0 Å². The van der Waals surface area contributed by atoms with Gasteiger partial charge in [-0.3, -0.25) is 4.79 Å². The van der Waals surface area contributed by atoms with E-state index in [2.05, 4.69) is 10.3 Å². The molecule has 0 aliphatic heterocycles. The topological polar surface area (TPSA) is 70.9 Å². The molecule has 0 aliphatic rings. The molecular weight excluding hydrogens is 238 g/mol. The molecule has 2 aromatic rings. The second-order valence-corrected chi connectivity index (χ2v) is 4.02. The van der Waals surface area contributed by atoms with Gasteiger partial charge in [0.25, 0.3) is 5.91 Å². The molecule has 88 valence electrons. The van der Waals surface area contributed by atoms with Crippen molar-refractivity contribution < 1.29 is 4.79 Å². The van der Waals surface area contributed by atoms with Crippen molar-refractivity contribution in [2.24, 2.45) is 0 Å². The summed E-state index contributed by atoms with van der Waals surface area (Å²) in [6, 6.07) is 8.59. The van der Waals surface area contributed by atoms with Crippen molar-refractivity contribution in [2.75, 3.05) is 5.73 Å². The fourth-order valence-electron chi connectivity index (χ4n) is 1.46. The maximum atomic E-state index is 11.8. The Morgan fingerprint density at radius 1 is 1.41 bits per heavy atom. The van der Waals surface area contributed by atoms with Crippen LogP contribution in [0.3, 0.4) is 0 Å². The van der Waals surface area contributed by atoms with Crippen LogP contribution in [-0.4, -0.2) is 10.9 Å². The van der Waals surface area contributed by atoms with Crippen molar-refractivity contribution >= 4 is 23.2 Å². The van der Waals surface area contributed by atoms with Gasteiger partial charge in [-0.25, -0.2) is 0 Å². The summed E-state index contributed by atoms with van der Waals surface area (Å²) in [4.78, 5) is 14.8. The Hall–Kier alpha value is -1.94. The lowest BCUT2D eigenvalue weighted by atomic mass is 10.2. The standard InChI is InChI=1S/C12H12ClN3O/c13-11-6-8(14)3-4-10(11)12(17)16-7-9-2-1-5-15-9/h1-6,15H,7,14H2,(H,16,17). The molecule has 1 aromatic heterocycles. The molecule has 5 heteroatoms. The zero-order valence-corrected chi connectivity index (χ0v) is 9.79. The molecule has 0 saturated heterocycles. The summed E-state index contributed by atoms with van der Waals surface area (Å²) in [5.74, 6) is -0.218. The van der Waals surface area contributed by atoms with Crippen LogP contribution in [0.2, 0.25) is 5.02 Å². The number of nitrogen functional groups attached to an aromatic ring is 1. The molecule has 0 saturated carbocycles. The molecule has 4 N–H and O–H groups in total. The first-order valence-electron chi connectivity index (χ1n) is 5.12. The zero-order chi connectivity index (χ0) is 12.3. The number of benzene rings is 1. The number of hydrogen-bond donors (Lipinski definition) is 3. The van der Waals surface area contributed by atoms with Crippen LogP contribution in [0.4, 0.5) is 5.69 Å². The number of carbonyl (C=O) groups is 1. The van der Waals surface area contributed by atoms with E-state index in [4.69, 9.17) is 17.3 Å². The smallest absolute Gasteiger partial charge is 0.253 e. The van der Waals surface area contributed by atoms with Crippen molar-refractivity contribution in [3.05, 3.63) is 52.8 Å². The molecule has 17 heavy (non-hydrogen) atoms. The van der Waals surface area contributed by atoms with Crippen LogP contribution < -0.4 is 11.1 Å². The summed E-state index contributed by atoms with van der Waals surface area (Å²) in [6.45, 7) is 0.437. The van der Waals surface area contributed by atoms with Gasteiger partial charge in [0.2, 0.25) is 0 Å². The van der Waals surface area contributed by atoms with Crippen molar-refractivity contribution in [3.8, 4) is 0 Å². The Balaban J connectivity index is 2.04. The molecule has 4 nitrogen and oxygen atoms in total. The Labute approximate surface area is 104 Å². The number of halogens is 1. The van der Waals surface area contributed by atoms with Gasteiger partial charge in [-0.2, -0.15) is 0 Å². The quantitative estimate of drug-likeness (QED) is 0.730. The van der Waals surface area contributed by atoms with Crippen LogP contribution in [0.1, 0.15) is 16.1 Å². The van der Waals surface area contributed by atoms with Crippen molar-refractivity contribution in [1.82, 2.24) is 10.3 Å². The van der Waals surface area contributed by atoms with Crippen LogP contribution in [0.15, 0.2) is 36.5 Å².